The highest BCUT2D eigenvalue weighted by Crippen LogP contribution is 2.27. The number of amides is 1. The van der Waals surface area contributed by atoms with Crippen molar-refractivity contribution < 1.29 is 13.6 Å². The molecule has 0 aliphatic heterocycles. The van der Waals surface area contributed by atoms with E-state index in [1.165, 1.54) is 31.7 Å². The first-order valence-corrected chi connectivity index (χ1v) is 7.51. The van der Waals surface area contributed by atoms with Crippen molar-refractivity contribution >= 4 is 11.6 Å². The SMILES string of the molecule is CC1CCC(CNCC(=O)Nc2c(F)cccc2F)CC1. The van der Waals surface area contributed by atoms with Gasteiger partial charge >= 0.3 is 0 Å². The molecule has 3 nitrogen and oxygen atoms in total. The highest BCUT2D eigenvalue weighted by atomic mass is 19.1. The number of nitrogens with one attached hydrogen (secondary N) is 2. The van der Waals surface area contributed by atoms with E-state index in [1.54, 1.807) is 0 Å². The van der Waals surface area contributed by atoms with Gasteiger partial charge in [-0.3, -0.25) is 4.79 Å². The zero-order valence-corrected chi connectivity index (χ0v) is 12.3. The molecule has 1 amide bonds. The molecule has 21 heavy (non-hydrogen) atoms. The Morgan fingerprint density at radius 2 is 1.81 bits per heavy atom. The minimum Gasteiger partial charge on any atom is -0.320 e. The predicted molar refractivity (Wildman–Crippen MR) is 79.0 cm³/mol. The molecule has 0 saturated heterocycles. The van der Waals surface area contributed by atoms with Gasteiger partial charge in [-0.2, -0.15) is 0 Å². The second-order valence-corrected chi connectivity index (χ2v) is 5.90. The molecule has 0 heterocycles. The molecule has 0 atom stereocenters. The van der Waals surface area contributed by atoms with Gasteiger partial charge < -0.3 is 10.6 Å². The third kappa shape index (κ3) is 4.77. The molecule has 1 saturated carbocycles. The number of anilines is 1. The van der Waals surface area contributed by atoms with Crippen LogP contribution >= 0.6 is 0 Å². The van der Waals surface area contributed by atoms with Crippen molar-refractivity contribution in [3.8, 4) is 0 Å². The molecule has 1 aliphatic rings. The van der Waals surface area contributed by atoms with E-state index in [4.69, 9.17) is 0 Å². The molecule has 0 aromatic heterocycles. The molecule has 1 aromatic rings. The number of halogens is 2. The molecule has 2 N–H and O–H groups in total. The third-order valence-corrected chi connectivity index (χ3v) is 4.08. The van der Waals surface area contributed by atoms with Crippen LogP contribution in [0.25, 0.3) is 0 Å². The Morgan fingerprint density at radius 1 is 1.19 bits per heavy atom. The maximum absolute atomic E-state index is 13.4. The van der Waals surface area contributed by atoms with Crippen LogP contribution in [0.4, 0.5) is 14.5 Å². The van der Waals surface area contributed by atoms with Gasteiger partial charge in [0.25, 0.3) is 0 Å². The lowest BCUT2D eigenvalue weighted by Gasteiger charge is -2.26. The van der Waals surface area contributed by atoms with Crippen molar-refractivity contribution in [1.29, 1.82) is 0 Å². The Kier molecular flexibility index (Phi) is 5.67. The van der Waals surface area contributed by atoms with Gasteiger partial charge in [-0.25, -0.2) is 8.78 Å². The number of carbonyl (C=O) groups is 1. The highest BCUT2D eigenvalue weighted by molar-refractivity contribution is 5.92. The van der Waals surface area contributed by atoms with Gasteiger partial charge in [0, 0.05) is 0 Å². The molecule has 1 aliphatic carbocycles. The topological polar surface area (TPSA) is 41.1 Å². The van der Waals surface area contributed by atoms with Gasteiger partial charge in [0.1, 0.15) is 17.3 Å². The average molecular weight is 296 g/mol. The summed E-state index contributed by atoms with van der Waals surface area (Å²) in [5.41, 5.74) is -0.379. The smallest absolute Gasteiger partial charge is 0.238 e. The number of rotatable bonds is 5. The van der Waals surface area contributed by atoms with Crippen molar-refractivity contribution in [2.75, 3.05) is 18.4 Å². The summed E-state index contributed by atoms with van der Waals surface area (Å²) in [6.45, 7) is 3.11. The van der Waals surface area contributed by atoms with Gasteiger partial charge in [-0.15, -0.1) is 0 Å². The zero-order chi connectivity index (χ0) is 15.2. The molecular formula is C16H22F2N2O. The molecule has 2 rings (SSSR count). The summed E-state index contributed by atoms with van der Waals surface area (Å²) in [5, 5.41) is 5.34. The Balaban J connectivity index is 1.73. The fourth-order valence-electron chi connectivity index (χ4n) is 2.72. The Hall–Kier alpha value is -1.49. The molecule has 5 heteroatoms. The van der Waals surface area contributed by atoms with E-state index in [2.05, 4.69) is 17.6 Å². The van der Waals surface area contributed by atoms with Gasteiger partial charge in [-0.05, 0) is 43.4 Å². The molecule has 116 valence electrons. The highest BCUT2D eigenvalue weighted by Gasteiger charge is 2.18. The summed E-state index contributed by atoms with van der Waals surface area (Å²) in [6.07, 6.45) is 4.83. The second-order valence-electron chi connectivity index (χ2n) is 5.90. The van der Waals surface area contributed by atoms with E-state index < -0.39 is 17.5 Å². The fourth-order valence-corrected chi connectivity index (χ4v) is 2.72. The maximum Gasteiger partial charge on any atom is 0.238 e. The van der Waals surface area contributed by atoms with Crippen LogP contribution in [-0.4, -0.2) is 19.0 Å². The number of hydrogen-bond acceptors (Lipinski definition) is 2. The minimum atomic E-state index is -0.760. The lowest BCUT2D eigenvalue weighted by Crippen LogP contribution is -2.33. The van der Waals surface area contributed by atoms with E-state index in [1.807, 2.05) is 0 Å². The number of benzene rings is 1. The molecular weight excluding hydrogens is 274 g/mol. The minimum absolute atomic E-state index is 0.0693. The van der Waals surface area contributed by atoms with E-state index in [9.17, 15) is 13.6 Å². The summed E-state index contributed by atoms with van der Waals surface area (Å²) in [6, 6.07) is 3.51. The second kappa shape index (κ2) is 7.50. The van der Waals surface area contributed by atoms with Crippen LogP contribution in [0.1, 0.15) is 32.6 Å². The fraction of sp³-hybridized carbons (Fsp3) is 0.562. The molecule has 1 aromatic carbocycles. The van der Waals surface area contributed by atoms with Crippen LogP contribution in [0.3, 0.4) is 0 Å². The summed E-state index contributed by atoms with van der Waals surface area (Å²) >= 11 is 0. The number of para-hydroxylation sites is 1. The molecule has 0 bridgehead atoms. The normalized spacial score (nSPS) is 22.0. The molecule has 0 spiro atoms. The van der Waals surface area contributed by atoms with Gasteiger partial charge in [-0.1, -0.05) is 25.8 Å². The van der Waals surface area contributed by atoms with E-state index in [-0.39, 0.29) is 12.2 Å². The zero-order valence-electron chi connectivity index (χ0n) is 12.3. The molecule has 0 radical (unpaired) electrons. The summed E-state index contributed by atoms with van der Waals surface area (Å²) < 4.78 is 26.8. The monoisotopic (exact) mass is 296 g/mol. The third-order valence-electron chi connectivity index (χ3n) is 4.08. The molecule has 0 unspecified atom stereocenters. The van der Waals surface area contributed by atoms with Crippen molar-refractivity contribution in [1.82, 2.24) is 5.32 Å². The Bertz CT molecular complexity index is 465. The van der Waals surface area contributed by atoms with Gasteiger partial charge in [0.05, 0.1) is 6.54 Å². The van der Waals surface area contributed by atoms with E-state index >= 15 is 0 Å². The standard InChI is InChI=1S/C16H22F2N2O/c1-11-5-7-12(8-6-11)9-19-10-15(21)20-16-13(17)3-2-4-14(16)18/h2-4,11-12,19H,5-10H2,1H3,(H,20,21). The first-order valence-electron chi connectivity index (χ1n) is 7.51. The van der Waals surface area contributed by atoms with Crippen LogP contribution in [-0.2, 0) is 4.79 Å². The van der Waals surface area contributed by atoms with Crippen molar-refractivity contribution in [2.45, 2.75) is 32.6 Å². The van der Waals surface area contributed by atoms with Gasteiger partial charge in [0.15, 0.2) is 0 Å². The molecule has 1 fully saturated rings. The average Bonchev–Trinajstić information content (AvgIpc) is 2.45. The van der Waals surface area contributed by atoms with Crippen LogP contribution < -0.4 is 10.6 Å². The lowest BCUT2D eigenvalue weighted by atomic mass is 9.83. The number of carbonyl (C=O) groups excluding carboxylic acids is 1. The van der Waals surface area contributed by atoms with Crippen molar-refractivity contribution in [3.05, 3.63) is 29.8 Å². The van der Waals surface area contributed by atoms with Crippen molar-refractivity contribution in [3.63, 3.8) is 0 Å². The van der Waals surface area contributed by atoms with Crippen LogP contribution in [0.2, 0.25) is 0 Å². The summed E-state index contributed by atoms with van der Waals surface area (Å²) in [7, 11) is 0. The first kappa shape index (κ1) is 15.9. The van der Waals surface area contributed by atoms with Crippen molar-refractivity contribution in [2.24, 2.45) is 11.8 Å². The Morgan fingerprint density at radius 3 is 2.43 bits per heavy atom. The van der Waals surface area contributed by atoms with Crippen LogP contribution in [0.5, 0.6) is 0 Å². The summed E-state index contributed by atoms with van der Waals surface area (Å²) in [5.74, 6) is -0.551. The number of hydrogen-bond donors (Lipinski definition) is 2. The Labute approximate surface area is 124 Å². The largest absolute Gasteiger partial charge is 0.320 e. The lowest BCUT2D eigenvalue weighted by molar-refractivity contribution is -0.115. The van der Waals surface area contributed by atoms with Crippen LogP contribution in [0, 0.1) is 23.5 Å². The van der Waals surface area contributed by atoms with E-state index in [0.717, 1.165) is 24.6 Å². The predicted octanol–water partition coefficient (Wildman–Crippen LogP) is 3.32. The summed E-state index contributed by atoms with van der Waals surface area (Å²) in [4.78, 5) is 11.7. The first-order chi connectivity index (χ1) is 10.1. The van der Waals surface area contributed by atoms with Gasteiger partial charge in [0.2, 0.25) is 5.91 Å². The van der Waals surface area contributed by atoms with Crippen LogP contribution in [0.15, 0.2) is 18.2 Å². The van der Waals surface area contributed by atoms with E-state index in [0.29, 0.717) is 5.92 Å². The maximum atomic E-state index is 13.4. The quantitative estimate of drug-likeness (QED) is 0.875.